The van der Waals surface area contributed by atoms with Crippen LogP contribution in [0, 0.1) is 6.92 Å². The van der Waals surface area contributed by atoms with Crippen molar-refractivity contribution in [3.63, 3.8) is 0 Å². The van der Waals surface area contributed by atoms with Crippen molar-refractivity contribution in [2.75, 3.05) is 25.0 Å². The van der Waals surface area contributed by atoms with Gasteiger partial charge in [-0.15, -0.1) is 0 Å². The number of benzene rings is 1. The molecule has 2 N–H and O–H groups in total. The van der Waals surface area contributed by atoms with Crippen molar-refractivity contribution in [3.8, 4) is 0 Å². The molecule has 1 saturated heterocycles. The van der Waals surface area contributed by atoms with Crippen molar-refractivity contribution < 1.29 is 14.0 Å². The summed E-state index contributed by atoms with van der Waals surface area (Å²) in [5.74, 6) is 1.53. The highest BCUT2D eigenvalue weighted by Crippen LogP contribution is 2.26. The summed E-state index contributed by atoms with van der Waals surface area (Å²) in [7, 11) is 0. The van der Waals surface area contributed by atoms with Gasteiger partial charge in [-0.2, -0.15) is 0 Å². The number of amides is 2. The third-order valence-electron chi connectivity index (χ3n) is 4.80. The topological polar surface area (TPSA) is 74.6 Å². The number of nitrogens with zero attached hydrogens (tertiary/aromatic N) is 1. The summed E-state index contributed by atoms with van der Waals surface area (Å²) in [5.41, 5.74) is 1.62. The van der Waals surface area contributed by atoms with Crippen LogP contribution in [-0.2, 0) is 9.59 Å². The van der Waals surface area contributed by atoms with Crippen LogP contribution in [0.15, 0.2) is 46.9 Å². The standard InChI is InChI=1S/C22H27N3O3/c1-16-5-11-21(28-16)20(25-13-3-4-14-25)15-23-22(27)12-8-18-6-9-19(10-7-18)24-17(2)26/h5-12,20H,3-4,13-15H2,1-2H3,(H,23,27)(H,24,26)/b12-8+/t20-/m1/s1. The SMILES string of the molecule is CC(=O)Nc1ccc(/C=C/C(=O)NC[C@H](c2ccc(C)o2)N2CCCC2)cc1. The third kappa shape index (κ3) is 5.57. The summed E-state index contributed by atoms with van der Waals surface area (Å²) >= 11 is 0. The van der Waals surface area contributed by atoms with Crippen LogP contribution in [0.1, 0.15) is 42.9 Å². The molecule has 2 amide bonds. The molecule has 1 aliphatic rings. The molecule has 1 aromatic heterocycles. The molecule has 0 unspecified atom stereocenters. The molecule has 0 aliphatic carbocycles. The zero-order chi connectivity index (χ0) is 19.9. The van der Waals surface area contributed by atoms with E-state index in [1.54, 1.807) is 6.08 Å². The maximum absolute atomic E-state index is 12.3. The highest BCUT2D eigenvalue weighted by atomic mass is 16.3. The van der Waals surface area contributed by atoms with Gasteiger partial charge in [0, 0.05) is 25.2 Å². The van der Waals surface area contributed by atoms with Gasteiger partial charge < -0.3 is 15.1 Å². The van der Waals surface area contributed by atoms with Gasteiger partial charge in [0.25, 0.3) is 0 Å². The summed E-state index contributed by atoms with van der Waals surface area (Å²) in [5, 5.41) is 5.71. The minimum atomic E-state index is -0.140. The molecule has 0 radical (unpaired) electrons. The summed E-state index contributed by atoms with van der Waals surface area (Å²) in [6, 6.07) is 11.3. The molecule has 0 spiro atoms. The fourth-order valence-corrected chi connectivity index (χ4v) is 3.40. The molecule has 1 aliphatic heterocycles. The first-order chi connectivity index (χ1) is 13.5. The number of aryl methyl sites for hydroxylation is 1. The van der Waals surface area contributed by atoms with Gasteiger partial charge in [-0.05, 0) is 68.8 Å². The normalized spacial score (nSPS) is 15.6. The Labute approximate surface area is 165 Å². The molecule has 28 heavy (non-hydrogen) atoms. The Morgan fingerprint density at radius 2 is 1.86 bits per heavy atom. The average Bonchev–Trinajstić information content (AvgIpc) is 3.33. The van der Waals surface area contributed by atoms with E-state index in [1.807, 2.05) is 43.3 Å². The lowest BCUT2D eigenvalue weighted by Gasteiger charge is -2.25. The highest BCUT2D eigenvalue weighted by Gasteiger charge is 2.26. The lowest BCUT2D eigenvalue weighted by Crippen LogP contribution is -2.36. The molecule has 148 valence electrons. The average molecular weight is 381 g/mol. The Kier molecular flexibility index (Phi) is 6.66. The Hall–Kier alpha value is -2.86. The molecule has 1 aromatic carbocycles. The molecule has 2 aromatic rings. The molecule has 2 heterocycles. The van der Waals surface area contributed by atoms with Gasteiger partial charge in [0.2, 0.25) is 11.8 Å². The minimum Gasteiger partial charge on any atom is -0.465 e. The molecule has 3 rings (SSSR count). The van der Waals surface area contributed by atoms with Crippen LogP contribution in [0.2, 0.25) is 0 Å². The van der Waals surface area contributed by atoms with Crippen molar-refractivity contribution in [1.29, 1.82) is 0 Å². The van der Waals surface area contributed by atoms with Crippen LogP contribution in [0.5, 0.6) is 0 Å². The first kappa shape index (κ1) is 19.9. The second-order valence-electron chi connectivity index (χ2n) is 7.09. The van der Waals surface area contributed by atoms with Crippen LogP contribution < -0.4 is 10.6 Å². The maximum Gasteiger partial charge on any atom is 0.244 e. The number of carbonyl (C=O) groups is 2. The summed E-state index contributed by atoms with van der Waals surface area (Å²) < 4.78 is 5.82. The van der Waals surface area contributed by atoms with Crippen molar-refractivity contribution in [2.24, 2.45) is 0 Å². The number of hydrogen-bond acceptors (Lipinski definition) is 4. The van der Waals surface area contributed by atoms with E-state index < -0.39 is 0 Å². The Morgan fingerprint density at radius 1 is 1.14 bits per heavy atom. The van der Waals surface area contributed by atoms with E-state index in [0.29, 0.717) is 6.54 Å². The number of rotatable bonds is 7. The van der Waals surface area contributed by atoms with E-state index in [0.717, 1.165) is 35.9 Å². The first-order valence-electron chi connectivity index (χ1n) is 9.65. The number of nitrogens with one attached hydrogen (secondary N) is 2. The molecule has 6 nitrogen and oxygen atoms in total. The quantitative estimate of drug-likeness (QED) is 0.720. The van der Waals surface area contributed by atoms with Gasteiger partial charge >= 0.3 is 0 Å². The number of carbonyl (C=O) groups excluding carboxylic acids is 2. The molecule has 0 bridgehead atoms. The lowest BCUT2D eigenvalue weighted by atomic mass is 10.1. The predicted molar refractivity (Wildman–Crippen MR) is 110 cm³/mol. The zero-order valence-electron chi connectivity index (χ0n) is 16.4. The number of likely N-dealkylation sites (tertiary alicyclic amines) is 1. The van der Waals surface area contributed by atoms with Crippen LogP contribution in [0.3, 0.4) is 0 Å². The van der Waals surface area contributed by atoms with E-state index in [-0.39, 0.29) is 17.9 Å². The predicted octanol–water partition coefficient (Wildman–Crippen LogP) is 3.51. The number of furan rings is 1. The third-order valence-corrected chi connectivity index (χ3v) is 4.80. The fraction of sp³-hybridized carbons (Fsp3) is 0.364. The second kappa shape index (κ2) is 9.37. The van der Waals surface area contributed by atoms with E-state index in [9.17, 15) is 9.59 Å². The van der Waals surface area contributed by atoms with Crippen molar-refractivity contribution in [1.82, 2.24) is 10.2 Å². The van der Waals surface area contributed by atoms with Crippen molar-refractivity contribution >= 4 is 23.6 Å². The van der Waals surface area contributed by atoms with E-state index >= 15 is 0 Å². The summed E-state index contributed by atoms with van der Waals surface area (Å²) in [6.07, 6.45) is 5.65. The molecule has 6 heteroatoms. The van der Waals surface area contributed by atoms with Crippen molar-refractivity contribution in [2.45, 2.75) is 32.7 Å². The Morgan fingerprint density at radius 3 is 2.46 bits per heavy atom. The largest absolute Gasteiger partial charge is 0.465 e. The van der Waals surface area contributed by atoms with Crippen molar-refractivity contribution in [3.05, 3.63) is 59.6 Å². The van der Waals surface area contributed by atoms with Gasteiger partial charge in [-0.25, -0.2) is 0 Å². The van der Waals surface area contributed by atoms with Gasteiger partial charge in [-0.3, -0.25) is 14.5 Å². The molecule has 1 atom stereocenters. The Bertz CT molecular complexity index is 833. The van der Waals surface area contributed by atoms with Gasteiger partial charge in [0.1, 0.15) is 11.5 Å². The van der Waals surface area contributed by atoms with E-state index in [1.165, 1.54) is 25.8 Å². The second-order valence-corrected chi connectivity index (χ2v) is 7.09. The minimum absolute atomic E-state index is 0.0606. The lowest BCUT2D eigenvalue weighted by molar-refractivity contribution is -0.117. The van der Waals surface area contributed by atoms with Gasteiger partial charge in [-0.1, -0.05) is 12.1 Å². The maximum atomic E-state index is 12.3. The van der Waals surface area contributed by atoms with Gasteiger partial charge in [0.15, 0.2) is 0 Å². The highest BCUT2D eigenvalue weighted by molar-refractivity contribution is 5.92. The fourth-order valence-electron chi connectivity index (χ4n) is 3.40. The van der Waals surface area contributed by atoms with Crippen LogP contribution in [0.4, 0.5) is 5.69 Å². The van der Waals surface area contributed by atoms with E-state index in [2.05, 4.69) is 15.5 Å². The molecular weight excluding hydrogens is 354 g/mol. The summed E-state index contributed by atoms with van der Waals surface area (Å²) in [6.45, 7) is 5.96. The zero-order valence-corrected chi connectivity index (χ0v) is 16.4. The van der Waals surface area contributed by atoms with Crippen LogP contribution in [-0.4, -0.2) is 36.3 Å². The summed E-state index contributed by atoms with van der Waals surface area (Å²) in [4.78, 5) is 25.7. The van der Waals surface area contributed by atoms with E-state index in [4.69, 9.17) is 4.42 Å². The van der Waals surface area contributed by atoms with Crippen LogP contribution >= 0.6 is 0 Å². The molecule has 1 fully saturated rings. The molecular formula is C22H27N3O3. The van der Waals surface area contributed by atoms with Gasteiger partial charge in [0.05, 0.1) is 6.04 Å². The first-order valence-corrected chi connectivity index (χ1v) is 9.65. The smallest absolute Gasteiger partial charge is 0.244 e. The van der Waals surface area contributed by atoms with Crippen LogP contribution in [0.25, 0.3) is 6.08 Å². The monoisotopic (exact) mass is 381 g/mol. The number of hydrogen-bond donors (Lipinski definition) is 2. The molecule has 0 saturated carbocycles. The Balaban J connectivity index is 1.56. The number of anilines is 1.